The van der Waals surface area contributed by atoms with Gasteiger partial charge in [-0.05, 0) is 36.2 Å². The van der Waals surface area contributed by atoms with Crippen LogP contribution in [0.1, 0.15) is 15.9 Å². The molecular weight excluding hydrogens is 366 g/mol. The predicted molar refractivity (Wildman–Crippen MR) is 101 cm³/mol. The topological polar surface area (TPSA) is 76.1 Å². The Bertz CT molecular complexity index is 944. The van der Waals surface area contributed by atoms with E-state index in [4.69, 9.17) is 4.74 Å². The second kappa shape index (κ2) is 8.90. The van der Waals surface area contributed by atoms with E-state index in [-0.39, 0.29) is 23.1 Å². The van der Waals surface area contributed by atoms with Crippen LogP contribution in [0.3, 0.4) is 0 Å². The molecule has 1 amide bonds. The SMILES string of the molecule is COc1cccc(CCNC(=O)c2cnc(Nc3c(F)cccc3F)nc2)c1. The highest BCUT2D eigenvalue weighted by Gasteiger charge is 2.11. The summed E-state index contributed by atoms with van der Waals surface area (Å²) >= 11 is 0. The maximum atomic E-state index is 13.6. The van der Waals surface area contributed by atoms with E-state index in [1.807, 2.05) is 24.3 Å². The van der Waals surface area contributed by atoms with E-state index in [1.165, 1.54) is 18.5 Å². The number of nitrogens with one attached hydrogen (secondary N) is 2. The molecule has 2 aromatic carbocycles. The van der Waals surface area contributed by atoms with Gasteiger partial charge in [0, 0.05) is 18.9 Å². The average Bonchev–Trinajstić information content (AvgIpc) is 2.71. The van der Waals surface area contributed by atoms with Gasteiger partial charge in [0.25, 0.3) is 5.91 Å². The number of benzene rings is 2. The molecule has 1 aromatic heterocycles. The summed E-state index contributed by atoms with van der Waals surface area (Å²) in [7, 11) is 1.60. The number of halogens is 2. The zero-order valence-corrected chi connectivity index (χ0v) is 15.1. The zero-order valence-electron chi connectivity index (χ0n) is 15.1. The third-order valence-electron chi connectivity index (χ3n) is 3.95. The van der Waals surface area contributed by atoms with Crippen molar-refractivity contribution < 1.29 is 18.3 Å². The Kier molecular flexibility index (Phi) is 6.11. The lowest BCUT2D eigenvalue weighted by Gasteiger charge is -2.08. The first kappa shape index (κ1) is 19.2. The van der Waals surface area contributed by atoms with Crippen molar-refractivity contribution in [3.63, 3.8) is 0 Å². The first-order valence-corrected chi connectivity index (χ1v) is 8.51. The Morgan fingerprint density at radius 1 is 1.07 bits per heavy atom. The number of rotatable bonds is 7. The number of amides is 1. The smallest absolute Gasteiger partial charge is 0.254 e. The largest absolute Gasteiger partial charge is 0.497 e. The standard InChI is InChI=1S/C20H18F2N4O2/c1-28-15-5-2-4-13(10-15)8-9-23-19(27)14-11-24-20(25-12-14)26-18-16(21)6-3-7-17(18)22/h2-7,10-12H,8-9H2,1H3,(H,23,27)(H,24,25,26). The number of nitrogens with zero attached hydrogens (tertiary/aromatic N) is 2. The maximum Gasteiger partial charge on any atom is 0.254 e. The minimum atomic E-state index is -0.761. The lowest BCUT2D eigenvalue weighted by molar-refractivity contribution is 0.0953. The van der Waals surface area contributed by atoms with Gasteiger partial charge in [-0.3, -0.25) is 4.79 Å². The second-order valence-electron chi connectivity index (χ2n) is 5.87. The molecule has 0 bridgehead atoms. The second-order valence-corrected chi connectivity index (χ2v) is 5.87. The molecule has 28 heavy (non-hydrogen) atoms. The monoisotopic (exact) mass is 384 g/mol. The van der Waals surface area contributed by atoms with Crippen LogP contribution in [0.25, 0.3) is 0 Å². The van der Waals surface area contributed by atoms with Crippen molar-refractivity contribution in [3.8, 4) is 5.75 Å². The van der Waals surface area contributed by atoms with Crippen molar-refractivity contribution in [2.45, 2.75) is 6.42 Å². The summed E-state index contributed by atoms with van der Waals surface area (Å²) in [5, 5.41) is 5.24. The minimum Gasteiger partial charge on any atom is -0.497 e. The van der Waals surface area contributed by atoms with Gasteiger partial charge >= 0.3 is 0 Å². The summed E-state index contributed by atoms with van der Waals surface area (Å²) < 4.78 is 32.4. The molecule has 144 valence electrons. The number of methoxy groups -OCH3 is 1. The Morgan fingerprint density at radius 3 is 2.43 bits per heavy atom. The number of ether oxygens (including phenoxy) is 1. The fourth-order valence-corrected chi connectivity index (χ4v) is 2.49. The molecule has 0 unspecified atom stereocenters. The first-order chi connectivity index (χ1) is 13.6. The van der Waals surface area contributed by atoms with Crippen molar-refractivity contribution >= 4 is 17.5 Å². The number of hydrogen-bond acceptors (Lipinski definition) is 5. The molecular formula is C20H18F2N4O2. The molecule has 8 heteroatoms. The van der Waals surface area contributed by atoms with E-state index in [0.717, 1.165) is 23.4 Å². The lowest BCUT2D eigenvalue weighted by atomic mass is 10.1. The highest BCUT2D eigenvalue weighted by molar-refractivity contribution is 5.93. The Morgan fingerprint density at radius 2 is 1.75 bits per heavy atom. The third kappa shape index (κ3) is 4.79. The number of anilines is 2. The molecule has 0 aliphatic heterocycles. The average molecular weight is 384 g/mol. The van der Waals surface area contributed by atoms with Gasteiger partial charge in [-0.2, -0.15) is 0 Å². The summed E-state index contributed by atoms with van der Waals surface area (Å²) in [4.78, 5) is 20.0. The van der Waals surface area contributed by atoms with Gasteiger partial charge in [0.05, 0.1) is 12.7 Å². The van der Waals surface area contributed by atoms with Gasteiger partial charge in [0.1, 0.15) is 23.1 Å². The van der Waals surface area contributed by atoms with E-state index < -0.39 is 11.6 Å². The fraction of sp³-hybridized carbons (Fsp3) is 0.150. The third-order valence-corrected chi connectivity index (χ3v) is 3.95. The van der Waals surface area contributed by atoms with Gasteiger partial charge in [-0.25, -0.2) is 18.7 Å². The maximum absolute atomic E-state index is 13.6. The summed E-state index contributed by atoms with van der Waals surface area (Å²) in [6, 6.07) is 11.1. The number of aromatic nitrogens is 2. The van der Waals surface area contributed by atoms with E-state index in [0.29, 0.717) is 13.0 Å². The molecule has 6 nitrogen and oxygen atoms in total. The molecule has 0 saturated carbocycles. The Hall–Kier alpha value is -3.55. The van der Waals surface area contributed by atoms with Crippen LogP contribution in [0.15, 0.2) is 54.9 Å². The van der Waals surface area contributed by atoms with Crippen LogP contribution in [0, 0.1) is 11.6 Å². The van der Waals surface area contributed by atoms with E-state index in [9.17, 15) is 13.6 Å². The highest BCUT2D eigenvalue weighted by Crippen LogP contribution is 2.21. The fourth-order valence-electron chi connectivity index (χ4n) is 2.49. The molecule has 3 rings (SSSR count). The molecule has 0 aliphatic rings. The van der Waals surface area contributed by atoms with Crippen LogP contribution in [-0.4, -0.2) is 29.5 Å². The summed E-state index contributed by atoms with van der Waals surface area (Å²) in [5.74, 6) is -1.12. The quantitative estimate of drug-likeness (QED) is 0.652. The van der Waals surface area contributed by atoms with Crippen molar-refractivity contribution in [2.24, 2.45) is 0 Å². The van der Waals surface area contributed by atoms with Crippen molar-refractivity contribution in [1.29, 1.82) is 0 Å². The van der Waals surface area contributed by atoms with Crippen LogP contribution < -0.4 is 15.4 Å². The molecule has 0 aliphatic carbocycles. The van der Waals surface area contributed by atoms with Gasteiger partial charge < -0.3 is 15.4 Å². The molecule has 2 N–H and O–H groups in total. The predicted octanol–water partition coefficient (Wildman–Crippen LogP) is 3.48. The zero-order chi connectivity index (χ0) is 19.9. The number of carbonyl (C=O) groups excluding carboxylic acids is 1. The lowest BCUT2D eigenvalue weighted by Crippen LogP contribution is -2.26. The molecule has 0 radical (unpaired) electrons. The minimum absolute atomic E-state index is 0.0167. The van der Waals surface area contributed by atoms with Gasteiger partial charge in [-0.15, -0.1) is 0 Å². The van der Waals surface area contributed by atoms with Gasteiger partial charge in [-0.1, -0.05) is 18.2 Å². The number of carbonyl (C=O) groups is 1. The van der Waals surface area contributed by atoms with Crippen LogP contribution in [0.2, 0.25) is 0 Å². The van der Waals surface area contributed by atoms with E-state index in [1.54, 1.807) is 7.11 Å². The van der Waals surface area contributed by atoms with Gasteiger partial charge in [0.2, 0.25) is 5.95 Å². The van der Waals surface area contributed by atoms with Crippen LogP contribution in [-0.2, 0) is 6.42 Å². The molecule has 0 spiro atoms. The summed E-state index contributed by atoms with van der Waals surface area (Å²) in [6.45, 7) is 0.423. The van der Waals surface area contributed by atoms with Crippen LogP contribution in [0.4, 0.5) is 20.4 Å². The van der Waals surface area contributed by atoms with Crippen LogP contribution >= 0.6 is 0 Å². The molecule has 0 fully saturated rings. The van der Waals surface area contributed by atoms with Crippen LogP contribution in [0.5, 0.6) is 5.75 Å². The highest BCUT2D eigenvalue weighted by atomic mass is 19.1. The first-order valence-electron chi connectivity index (χ1n) is 8.51. The van der Waals surface area contributed by atoms with Crippen molar-refractivity contribution in [1.82, 2.24) is 15.3 Å². The summed E-state index contributed by atoms with van der Waals surface area (Å²) in [5.41, 5.74) is 0.922. The molecule has 1 heterocycles. The molecule has 0 saturated heterocycles. The Labute approximate surface area is 160 Å². The molecule has 3 aromatic rings. The summed E-state index contributed by atoms with van der Waals surface area (Å²) in [6.07, 6.45) is 3.21. The number of para-hydroxylation sites is 1. The molecule has 0 atom stereocenters. The van der Waals surface area contributed by atoms with E-state index >= 15 is 0 Å². The van der Waals surface area contributed by atoms with E-state index in [2.05, 4.69) is 20.6 Å². The Balaban J connectivity index is 1.56. The number of hydrogen-bond donors (Lipinski definition) is 2. The van der Waals surface area contributed by atoms with Gasteiger partial charge in [0.15, 0.2) is 0 Å². The van der Waals surface area contributed by atoms with Crippen molar-refractivity contribution in [3.05, 3.63) is 77.6 Å². The normalized spacial score (nSPS) is 10.4. The van der Waals surface area contributed by atoms with Crippen molar-refractivity contribution in [2.75, 3.05) is 19.0 Å².